The molecule has 204 valence electrons. The Bertz CT molecular complexity index is 2420. The minimum Gasteiger partial charge on any atom is -0.308 e. The fourth-order valence-corrected chi connectivity index (χ4v) is 8.24. The van der Waals surface area contributed by atoms with Crippen molar-refractivity contribution in [3.8, 4) is 11.1 Å². The molecule has 0 aliphatic carbocycles. The number of rotatable bonds is 5. The van der Waals surface area contributed by atoms with Crippen molar-refractivity contribution in [1.29, 1.82) is 0 Å². The summed E-state index contributed by atoms with van der Waals surface area (Å²) >= 11 is 0. The molecule has 0 bridgehead atoms. The van der Waals surface area contributed by atoms with Gasteiger partial charge in [-0.2, -0.15) is 8.79 Å². The highest BCUT2D eigenvalue weighted by atomic mass is 31.3. The van der Waals surface area contributed by atoms with E-state index in [0.717, 1.165) is 17.1 Å². The molecule has 0 N–H and O–H groups in total. The first-order valence-corrected chi connectivity index (χ1v) is 18.7. The van der Waals surface area contributed by atoms with Gasteiger partial charge in [-0.3, -0.25) is 8.80 Å². The quantitative estimate of drug-likeness (QED) is 0.145. The fourth-order valence-electron chi connectivity index (χ4n) is 6.92. The van der Waals surface area contributed by atoms with Crippen LogP contribution < -0.4 is 10.1 Å². The monoisotopic (exact) mass is 585 g/mol. The molecule has 0 aliphatic rings. The van der Waals surface area contributed by atoms with Crippen LogP contribution in [0.5, 0.6) is 0 Å². The molecule has 3 aromatic heterocycles. The van der Waals surface area contributed by atoms with Gasteiger partial charge in [-0.1, -0.05) is 102 Å². The van der Waals surface area contributed by atoms with Crippen molar-refractivity contribution in [3.05, 3.63) is 146 Å². The van der Waals surface area contributed by atoms with E-state index in [4.69, 9.17) is 0 Å². The number of hydrogen-bond acceptors (Lipinski definition) is 1. The fraction of sp³-hybridized carbons (Fsp3) is 0. The number of fused-ring (bicyclic) bond motifs is 9. The molecule has 0 amide bonds. The van der Waals surface area contributed by atoms with Crippen LogP contribution in [0.1, 0.15) is 0 Å². The smallest absolute Gasteiger partial charge is 0.131 e. The van der Waals surface area contributed by atoms with E-state index in [1.165, 1.54) is 60.2 Å². The SMILES string of the molecule is P[SiH2]c1ccc(N(c2ccc(-c3ccccc3)cc2)c2cccc3c2n2c4ccccc4c4c5ccccc5n3c42)cc1. The third-order valence-corrected chi connectivity index (χ3v) is 11.2. The molecule has 3 nitrogen and oxygen atoms in total. The highest BCUT2D eigenvalue weighted by Gasteiger charge is 2.26. The Labute approximate surface area is 253 Å². The average molecular weight is 586 g/mol. The zero-order valence-corrected chi connectivity index (χ0v) is 26.1. The molecule has 0 aliphatic heterocycles. The zero-order valence-electron chi connectivity index (χ0n) is 23.5. The molecule has 9 aromatic rings. The molecule has 1 unspecified atom stereocenters. The third-order valence-electron chi connectivity index (χ3n) is 8.84. The Kier molecular flexibility index (Phi) is 5.49. The van der Waals surface area contributed by atoms with Crippen molar-refractivity contribution in [3.63, 3.8) is 0 Å². The lowest BCUT2D eigenvalue weighted by molar-refractivity contribution is 1.26. The zero-order chi connectivity index (χ0) is 28.5. The molecule has 0 radical (unpaired) electrons. The Morgan fingerprint density at radius 2 is 1.05 bits per heavy atom. The summed E-state index contributed by atoms with van der Waals surface area (Å²) in [6.07, 6.45) is 0. The summed E-state index contributed by atoms with van der Waals surface area (Å²) in [5.74, 6) is 0. The largest absolute Gasteiger partial charge is 0.308 e. The molecule has 9 rings (SSSR count). The summed E-state index contributed by atoms with van der Waals surface area (Å²) in [4.78, 5) is 2.43. The summed E-state index contributed by atoms with van der Waals surface area (Å²) in [6.45, 7) is 0. The number of aromatic nitrogens is 2. The van der Waals surface area contributed by atoms with Gasteiger partial charge in [0, 0.05) is 27.5 Å². The second kappa shape index (κ2) is 9.57. The Balaban J connectivity index is 1.37. The first kappa shape index (κ1) is 24.7. The summed E-state index contributed by atoms with van der Waals surface area (Å²) in [5.41, 5.74) is 12.1. The van der Waals surface area contributed by atoms with Crippen molar-refractivity contribution in [2.24, 2.45) is 0 Å². The molecule has 6 aromatic carbocycles. The number of para-hydroxylation sites is 3. The maximum atomic E-state index is 2.98. The van der Waals surface area contributed by atoms with Crippen molar-refractivity contribution in [2.75, 3.05) is 4.90 Å². The maximum Gasteiger partial charge on any atom is 0.131 e. The predicted molar refractivity (Wildman–Crippen MR) is 190 cm³/mol. The van der Waals surface area contributed by atoms with Crippen molar-refractivity contribution in [1.82, 2.24) is 8.80 Å². The van der Waals surface area contributed by atoms with E-state index >= 15 is 0 Å². The predicted octanol–water partition coefficient (Wildman–Crippen LogP) is 8.81. The van der Waals surface area contributed by atoms with E-state index in [-0.39, 0.29) is 9.19 Å². The summed E-state index contributed by atoms with van der Waals surface area (Å²) in [7, 11) is 2.66. The first-order chi connectivity index (χ1) is 21.3. The van der Waals surface area contributed by atoms with Gasteiger partial charge in [0.05, 0.1) is 36.9 Å². The van der Waals surface area contributed by atoms with Crippen LogP contribution in [0.15, 0.2) is 146 Å². The third kappa shape index (κ3) is 3.57. The number of hydrogen-bond donors (Lipinski definition) is 0. The van der Waals surface area contributed by atoms with E-state index in [1.807, 2.05) is 0 Å². The minimum absolute atomic E-state index is 0.318. The van der Waals surface area contributed by atoms with Gasteiger partial charge in [0.25, 0.3) is 0 Å². The van der Waals surface area contributed by atoms with Crippen LogP contribution in [-0.4, -0.2) is 18.0 Å². The molecule has 0 saturated carbocycles. The lowest BCUT2D eigenvalue weighted by Crippen LogP contribution is -2.13. The van der Waals surface area contributed by atoms with Crippen molar-refractivity contribution < 1.29 is 0 Å². The van der Waals surface area contributed by atoms with Gasteiger partial charge >= 0.3 is 0 Å². The molecule has 5 heteroatoms. The van der Waals surface area contributed by atoms with E-state index < -0.39 is 0 Å². The molecule has 0 fully saturated rings. The molecule has 0 saturated heterocycles. The lowest BCUT2D eigenvalue weighted by Gasteiger charge is -2.26. The molecule has 1 atom stereocenters. The van der Waals surface area contributed by atoms with Gasteiger partial charge in [-0.15, -0.1) is 0 Å². The second-order valence-electron chi connectivity index (χ2n) is 11.2. The number of imidazole rings is 1. The first-order valence-electron chi connectivity index (χ1n) is 14.7. The van der Waals surface area contributed by atoms with Gasteiger partial charge in [0.2, 0.25) is 0 Å². The van der Waals surface area contributed by atoms with Crippen LogP contribution in [0.25, 0.3) is 55.0 Å². The summed E-state index contributed by atoms with van der Waals surface area (Å²) < 4.78 is 4.95. The van der Waals surface area contributed by atoms with Crippen LogP contribution in [0, 0.1) is 0 Å². The van der Waals surface area contributed by atoms with Crippen LogP contribution in [0.3, 0.4) is 0 Å². The molecular weight excluding hydrogens is 557 g/mol. The topological polar surface area (TPSA) is 12.1 Å². The van der Waals surface area contributed by atoms with Gasteiger partial charge in [0.15, 0.2) is 0 Å². The number of benzene rings is 6. The molecule has 3 heterocycles. The van der Waals surface area contributed by atoms with Crippen molar-refractivity contribution in [2.45, 2.75) is 0 Å². The number of nitrogens with zero attached hydrogens (tertiary/aromatic N) is 3. The second-order valence-corrected chi connectivity index (χ2v) is 13.6. The van der Waals surface area contributed by atoms with Crippen LogP contribution in [-0.2, 0) is 0 Å². The lowest BCUT2D eigenvalue weighted by atomic mass is 10.0. The Morgan fingerprint density at radius 3 is 1.72 bits per heavy atom. The molecule has 43 heavy (non-hydrogen) atoms. The van der Waals surface area contributed by atoms with Gasteiger partial charge in [0.1, 0.15) is 5.65 Å². The van der Waals surface area contributed by atoms with Crippen LogP contribution in [0.4, 0.5) is 17.1 Å². The highest BCUT2D eigenvalue weighted by Crippen LogP contribution is 2.45. The van der Waals surface area contributed by atoms with Crippen LogP contribution in [0.2, 0.25) is 0 Å². The van der Waals surface area contributed by atoms with Crippen LogP contribution >= 0.6 is 8.79 Å². The maximum absolute atomic E-state index is 2.98. The van der Waals surface area contributed by atoms with Gasteiger partial charge in [-0.25, -0.2) is 0 Å². The molecular formula is C38H28N3PSi. The standard InChI is InChI=1S/C38H28N3PSi/c42-43-29-23-21-28(22-24-29)39(27-19-17-26(18-20-27)25-9-2-1-3-10-25)34-15-8-16-35-37(34)41-33-14-7-5-12-31(33)36-30-11-4-6-13-32(30)40(35)38(36)41/h1-24H,42-43H2. The molecule has 0 spiro atoms. The summed E-state index contributed by atoms with van der Waals surface area (Å²) in [5, 5.41) is 5.35. The number of anilines is 3. The van der Waals surface area contributed by atoms with Crippen molar-refractivity contribution >= 4 is 84.1 Å². The Morgan fingerprint density at radius 1 is 0.488 bits per heavy atom. The van der Waals surface area contributed by atoms with E-state index in [9.17, 15) is 0 Å². The Hall–Kier alpha value is -4.89. The van der Waals surface area contributed by atoms with E-state index in [1.54, 1.807) is 0 Å². The van der Waals surface area contributed by atoms with E-state index in [2.05, 4.69) is 168 Å². The highest BCUT2D eigenvalue weighted by molar-refractivity contribution is 7.58. The normalized spacial score (nSPS) is 12.2. The van der Waals surface area contributed by atoms with E-state index in [0.29, 0.717) is 0 Å². The van der Waals surface area contributed by atoms with Gasteiger partial charge in [-0.05, 0) is 59.7 Å². The van der Waals surface area contributed by atoms with Gasteiger partial charge < -0.3 is 4.90 Å². The summed E-state index contributed by atoms with van der Waals surface area (Å²) in [6, 6.07) is 53.2. The average Bonchev–Trinajstić information content (AvgIpc) is 3.71. The minimum atomic E-state index is -0.318.